The molecule has 1 amide bonds. The molecule has 0 bridgehead atoms. The molecule has 5 nitrogen and oxygen atoms in total. The first-order valence-electron chi connectivity index (χ1n) is 8.69. The average molecular weight is 371 g/mol. The highest BCUT2D eigenvalue weighted by Gasteiger charge is 2.23. The second-order valence-electron chi connectivity index (χ2n) is 6.52. The first-order valence-corrected chi connectivity index (χ1v) is 8.69. The van der Waals surface area contributed by atoms with Crippen LogP contribution in [0.25, 0.3) is 10.8 Å². The molecule has 26 heavy (non-hydrogen) atoms. The third-order valence-electron chi connectivity index (χ3n) is 4.93. The van der Waals surface area contributed by atoms with Gasteiger partial charge in [0.15, 0.2) is 0 Å². The van der Waals surface area contributed by atoms with Crippen LogP contribution < -0.4 is 4.90 Å². The van der Waals surface area contributed by atoms with Gasteiger partial charge >= 0.3 is 0 Å². The number of halogens is 1. The van der Waals surface area contributed by atoms with Crippen LogP contribution in [0.3, 0.4) is 0 Å². The predicted octanol–water partition coefficient (Wildman–Crippen LogP) is 2.89. The van der Waals surface area contributed by atoms with Gasteiger partial charge in [-0.1, -0.05) is 42.5 Å². The summed E-state index contributed by atoms with van der Waals surface area (Å²) >= 11 is 0. The van der Waals surface area contributed by atoms with Gasteiger partial charge in [0.25, 0.3) is 0 Å². The van der Waals surface area contributed by atoms with Crippen molar-refractivity contribution in [2.45, 2.75) is 6.42 Å². The summed E-state index contributed by atoms with van der Waals surface area (Å²) in [5.41, 5.74) is 1.11. The van der Waals surface area contributed by atoms with Crippen LogP contribution in [-0.2, 0) is 18.3 Å². The Bertz CT molecular complexity index is 894. The maximum Gasteiger partial charge on any atom is 0.227 e. The topological polar surface area (TPSA) is 41.4 Å². The fraction of sp³-hybridized carbons (Fsp3) is 0.300. The van der Waals surface area contributed by atoms with E-state index in [1.165, 1.54) is 10.8 Å². The molecule has 2 heterocycles. The van der Waals surface area contributed by atoms with E-state index in [9.17, 15) is 4.79 Å². The number of hydrogen-bond acceptors (Lipinski definition) is 3. The lowest BCUT2D eigenvalue weighted by atomic mass is 10.0. The lowest BCUT2D eigenvalue weighted by molar-refractivity contribution is -0.130. The van der Waals surface area contributed by atoms with Gasteiger partial charge in [-0.2, -0.15) is 0 Å². The molecule has 4 rings (SSSR count). The van der Waals surface area contributed by atoms with E-state index < -0.39 is 0 Å². The molecule has 1 aliphatic heterocycles. The van der Waals surface area contributed by atoms with Crippen molar-refractivity contribution >= 4 is 35.0 Å². The molecule has 0 atom stereocenters. The molecule has 1 saturated heterocycles. The van der Waals surface area contributed by atoms with E-state index >= 15 is 0 Å². The van der Waals surface area contributed by atoms with E-state index in [0.29, 0.717) is 6.42 Å². The van der Waals surface area contributed by atoms with Gasteiger partial charge in [0.1, 0.15) is 0 Å². The number of imidazole rings is 1. The fourth-order valence-electron chi connectivity index (χ4n) is 3.54. The number of amides is 1. The van der Waals surface area contributed by atoms with Crippen molar-refractivity contribution in [1.82, 2.24) is 14.5 Å². The first kappa shape index (κ1) is 18.3. The molecule has 0 aliphatic carbocycles. The molecular weight excluding hydrogens is 348 g/mol. The lowest BCUT2D eigenvalue weighted by Crippen LogP contribution is -2.49. The average Bonchev–Trinajstić information content (AvgIpc) is 3.08. The molecule has 6 heteroatoms. The Morgan fingerprint density at radius 3 is 2.50 bits per heavy atom. The van der Waals surface area contributed by atoms with Crippen molar-refractivity contribution < 1.29 is 4.79 Å². The highest BCUT2D eigenvalue weighted by molar-refractivity contribution is 5.90. The molecular formula is C20H23ClN4O. The van der Waals surface area contributed by atoms with Gasteiger partial charge in [-0.15, -0.1) is 12.4 Å². The minimum absolute atomic E-state index is 0. The van der Waals surface area contributed by atoms with Crippen LogP contribution in [0.5, 0.6) is 0 Å². The van der Waals surface area contributed by atoms with Gasteiger partial charge < -0.3 is 14.4 Å². The van der Waals surface area contributed by atoms with Gasteiger partial charge in [0, 0.05) is 45.6 Å². The molecule has 3 aromatic rings. The Morgan fingerprint density at radius 1 is 1.04 bits per heavy atom. The van der Waals surface area contributed by atoms with Crippen molar-refractivity contribution in [1.29, 1.82) is 0 Å². The number of anilines is 1. The van der Waals surface area contributed by atoms with Gasteiger partial charge in [-0.3, -0.25) is 4.79 Å². The third-order valence-corrected chi connectivity index (χ3v) is 4.93. The van der Waals surface area contributed by atoms with Crippen LogP contribution in [0.1, 0.15) is 5.56 Å². The lowest BCUT2D eigenvalue weighted by Gasteiger charge is -2.35. The van der Waals surface area contributed by atoms with E-state index in [1.807, 2.05) is 47.1 Å². The van der Waals surface area contributed by atoms with Crippen molar-refractivity contribution in [3.63, 3.8) is 0 Å². The number of nitrogens with zero attached hydrogens (tertiary/aromatic N) is 4. The monoisotopic (exact) mass is 370 g/mol. The van der Waals surface area contributed by atoms with Crippen LogP contribution in [0, 0.1) is 0 Å². The zero-order valence-electron chi connectivity index (χ0n) is 14.8. The Hall–Kier alpha value is -2.53. The van der Waals surface area contributed by atoms with Gasteiger partial charge in [0.05, 0.1) is 6.42 Å². The number of hydrogen-bond donors (Lipinski definition) is 0. The zero-order valence-corrected chi connectivity index (χ0v) is 15.7. The molecule has 1 aliphatic rings. The summed E-state index contributed by atoms with van der Waals surface area (Å²) in [5.74, 6) is 1.18. The molecule has 2 aromatic carbocycles. The minimum atomic E-state index is 0. The predicted molar refractivity (Wildman–Crippen MR) is 107 cm³/mol. The molecule has 136 valence electrons. The number of aryl methyl sites for hydroxylation is 1. The van der Waals surface area contributed by atoms with E-state index in [4.69, 9.17) is 0 Å². The molecule has 1 aromatic heterocycles. The second-order valence-corrected chi connectivity index (χ2v) is 6.52. The minimum Gasteiger partial charge on any atom is -0.339 e. The van der Waals surface area contributed by atoms with Crippen LogP contribution in [0.15, 0.2) is 54.9 Å². The maximum atomic E-state index is 12.8. The Labute approximate surface area is 159 Å². The normalized spacial score (nSPS) is 14.3. The number of piperazine rings is 1. The number of fused-ring (bicyclic) bond motifs is 1. The number of carbonyl (C=O) groups excluding carboxylic acids is 1. The standard InChI is InChI=1S/C20H22N4O.ClH/c1-22-10-9-21-20(22)24-13-11-23(12-14-24)19(25)15-17-7-4-6-16-5-2-3-8-18(16)17;/h2-10H,11-15H2,1H3;1H. The maximum absolute atomic E-state index is 12.8. The molecule has 0 N–H and O–H groups in total. The van der Waals surface area contributed by atoms with E-state index in [-0.39, 0.29) is 18.3 Å². The second kappa shape index (κ2) is 7.79. The van der Waals surface area contributed by atoms with Crippen molar-refractivity contribution in [3.05, 3.63) is 60.4 Å². The molecule has 0 spiro atoms. The molecule has 1 fully saturated rings. The van der Waals surface area contributed by atoms with Crippen molar-refractivity contribution in [2.24, 2.45) is 7.05 Å². The summed E-state index contributed by atoms with van der Waals surface area (Å²) in [6.07, 6.45) is 4.23. The smallest absolute Gasteiger partial charge is 0.227 e. The Balaban J connectivity index is 0.00000196. The Kier molecular flexibility index (Phi) is 5.47. The van der Waals surface area contributed by atoms with E-state index in [0.717, 1.165) is 37.7 Å². The van der Waals surface area contributed by atoms with Gasteiger partial charge in [-0.25, -0.2) is 4.98 Å². The van der Waals surface area contributed by atoms with E-state index in [1.54, 1.807) is 0 Å². The molecule has 0 saturated carbocycles. The summed E-state index contributed by atoms with van der Waals surface area (Å²) in [5, 5.41) is 2.36. The summed E-state index contributed by atoms with van der Waals surface area (Å²) < 4.78 is 2.02. The summed E-state index contributed by atoms with van der Waals surface area (Å²) in [6, 6.07) is 14.4. The van der Waals surface area contributed by atoms with Gasteiger partial charge in [-0.05, 0) is 16.3 Å². The summed E-state index contributed by atoms with van der Waals surface area (Å²) in [7, 11) is 2.00. The number of benzene rings is 2. The Morgan fingerprint density at radius 2 is 1.77 bits per heavy atom. The number of rotatable bonds is 3. The molecule has 0 radical (unpaired) electrons. The number of aromatic nitrogens is 2. The number of carbonyl (C=O) groups is 1. The van der Waals surface area contributed by atoms with Crippen LogP contribution in [0.4, 0.5) is 5.95 Å². The van der Waals surface area contributed by atoms with Crippen molar-refractivity contribution in [3.8, 4) is 0 Å². The fourth-order valence-corrected chi connectivity index (χ4v) is 3.54. The zero-order chi connectivity index (χ0) is 17.2. The highest BCUT2D eigenvalue weighted by atomic mass is 35.5. The summed E-state index contributed by atoms with van der Waals surface area (Å²) in [4.78, 5) is 21.4. The van der Waals surface area contributed by atoms with Crippen LogP contribution in [-0.4, -0.2) is 46.5 Å². The highest BCUT2D eigenvalue weighted by Crippen LogP contribution is 2.20. The van der Waals surface area contributed by atoms with Crippen molar-refractivity contribution in [2.75, 3.05) is 31.1 Å². The molecule has 0 unspecified atom stereocenters. The third kappa shape index (κ3) is 3.53. The van der Waals surface area contributed by atoms with Crippen LogP contribution in [0.2, 0.25) is 0 Å². The van der Waals surface area contributed by atoms with Gasteiger partial charge in [0.2, 0.25) is 11.9 Å². The van der Waals surface area contributed by atoms with E-state index in [2.05, 4.69) is 34.1 Å². The summed E-state index contributed by atoms with van der Waals surface area (Å²) in [6.45, 7) is 3.14. The SMILES string of the molecule is Cl.Cn1ccnc1N1CCN(C(=O)Cc2cccc3ccccc23)CC1. The largest absolute Gasteiger partial charge is 0.339 e. The van der Waals surface area contributed by atoms with Crippen LogP contribution >= 0.6 is 12.4 Å². The quantitative estimate of drug-likeness (QED) is 0.711. The first-order chi connectivity index (χ1) is 12.2.